The van der Waals surface area contributed by atoms with E-state index in [0.717, 1.165) is 18.5 Å². The number of anilines is 2. The van der Waals surface area contributed by atoms with E-state index in [0.29, 0.717) is 18.2 Å². The Labute approximate surface area is 89.9 Å². The number of hydrogen-bond acceptors (Lipinski definition) is 2. The number of carbonyl (C=O) groups is 1. The second-order valence-electron chi connectivity index (χ2n) is 3.96. The minimum Gasteiger partial charge on any atom is -0.399 e. The maximum Gasteiger partial charge on any atom is 0.227 e. The molecular weight excluding hydrogens is 188 g/mol. The number of nitrogens with two attached hydrogens (primary N) is 1. The maximum atomic E-state index is 11.7. The number of benzene rings is 1. The number of nitrogens with zero attached hydrogens (tertiary/aromatic N) is 1. The Morgan fingerprint density at radius 1 is 1.53 bits per heavy atom. The van der Waals surface area contributed by atoms with Crippen molar-refractivity contribution in [2.45, 2.75) is 32.2 Å². The molecule has 1 fully saturated rings. The van der Waals surface area contributed by atoms with Crippen LogP contribution in [0, 0.1) is 0 Å². The lowest BCUT2D eigenvalue weighted by molar-refractivity contribution is -0.117. The van der Waals surface area contributed by atoms with Crippen LogP contribution < -0.4 is 10.6 Å². The normalized spacial score (nSPS) is 21.0. The van der Waals surface area contributed by atoms with Gasteiger partial charge in [0.15, 0.2) is 0 Å². The van der Waals surface area contributed by atoms with Gasteiger partial charge in [-0.25, -0.2) is 0 Å². The first-order valence-corrected chi connectivity index (χ1v) is 5.40. The van der Waals surface area contributed by atoms with Gasteiger partial charge in [0.25, 0.3) is 0 Å². The van der Waals surface area contributed by atoms with Gasteiger partial charge in [0, 0.05) is 23.8 Å². The molecule has 80 valence electrons. The summed E-state index contributed by atoms with van der Waals surface area (Å²) in [5, 5.41) is 0. The molecule has 0 aliphatic carbocycles. The molecule has 1 unspecified atom stereocenters. The fourth-order valence-electron chi connectivity index (χ4n) is 2.16. The van der Waals surface area contributed by atoms with Crippen LogP contribution in [-0.2, 0) is 4.79 Å². The molecule has 3 nitrogen and oxygen atoms in total. The van der Waals surface area contributed by atoms with Gasteiger partial charge < -0.3 is 10.6 Å². The number of amides is 1. The first-order chi connectivity index (χ1) is 7.22. The maximum absolute atomic E-state index is 11.7. The quantitative estimate of drug-likeness (QED) is 0.750. The van der Waals surface area contributed by atoms with E-state index in [1.165, 1.54) is 0 Å². The fourth-order valence-corrected chi connectivity index (χ4v) is 2.16. The standard InChI is InChI=1S/C12H16N2O/c1-2-10-6-7-12(15)14(10)11-5-3-4-9(13)8-11/h3-5,8,10H,2,6-7,13H2,1H3. The van der Waals surface area contributed by atoms with Gasteiger partial charge in [-0.3, -0.25) is 4.79 Å². The van der Waals surface area contributed by atoms with Crippen LogP contribution in [0.1, 0.15) is 26.2 Å². The Hall–Kier alpha value is -1.51. The van der Waals surface area contributed by atoms with Crippen molar-refractivity contribution in [3.8, 4) is 0 Å². The van der Waals surface area contributed by atoms with Crippen molar-refractivity contribution in [2.24, 2.45) is 0 Å². The highest BCUT2D eigenvalue weighted by molar-refractivity contribution is 5.96. The molecule has 0 radical (unpaired) electrons. The lowest BCUT2D eigenvalue weighted by atomic mass is 10.1. The number of carbonyl (C=O) groups excluding carboxylic acids is 1. The minimum absolute atomic E-state index is 0.215. The number of hydrogen-bond donors (Lipinski definition) is 1. The van der Waals surface area contributed by atoms with E-state index in [2.05, 4.69) is 6.92 Å². The average Bonchev–Trinajstić information content (AvgIpc) is 2.59. The summed E-state index contributed by atoms with van der Waals surface area (Å²) < 4.78 is 0. The van der Waals surface area contributed by atoms with Gasteiger partial charge in [0.05, 0.1) is 0 Å². The zero-order chi connectivity index (χ0) is 10.8. The minimum atomic E-state index is 0.215. The molecule has 1 atom stereocenters. The molecule has 3 heteroatoms. The third-order valence-electron chi connectivity index (χ3n) is 2.94. The predicted molar refractivity (Wildman–Crippen MR) is 61.7 cm³/mol. The van der Waals surface area contributed by atoms with E-state index in [1.807, 2.05) is 29.2 Å². The molecule has 1 aromatic rings. The van der Waals surface area contributed by atoms with Crippen molar-refractivity contribution >= 4 is 17.3 Å². The van der Waals surface area contributed by atoms with Gasteiger partial charge in [0.1, 0.15) is 0 Å². The molecule has 0 saturated carbocycles. The summed E-state index contributed by atoms with van der Waals surface area (Å²) in [5.74, 6) is 0.215. The third kappa shape index (κ3) is 1.82. The Morgan fingerprint density at radius 3 is 3.00 bits per heavy atom. The van der Waals surface area contributed by atoms with Crippen LogP contribution >= 0.6 is 0 Å². The monoisotopic (exact) mass is 204 g/mol. The summed E-state index contributed by atoms with van der Waals surface area (Å²) in [7, 11) is 0. The molecule has 15 heavy (non-hydrogen) atoms. The molecule has 2 rings (SSSR count). The Morgan fingerprint density at radius 2 is 2.33 bits per heavy atom. The van der Waals surface area contributed by atoms with Crippen molar-refractivity contribution in [3.05, 3.63) is 24.3 Å². The van der Waals surface area contributed by atoms with Crippen molar-refractivity contribution in [1.29, 1.82) is 0 Å². The highest BCUT2D eigenvalue weighted by atomic mass is 16.2. The van der Waals surface area contributed by atoms with Gasteiger partial charge in [-0.15, -0.1) is 0 Å². The van der Waals surface area contributed by atoms with E-state index in [4.69, 9.17) is 5.73 Å². The highest BCUT2D eigenvalue weighted by Gasteiger charge is 2.30. The first kappa shape index (κ1) is 10.0. The Balaban J connectivity index is 2.32. The predicted octanol–water partition coefficient (Wildman–Crippen LogP) is 2.17. The number of rotatable bonds is 2. The van der Waals surface area contributed by atoms with Crippen LogP contribution in [0.5, 0.6) is 0 Å². The van der Waals surface area contributed by atoms with Gasteiger partial charge in [-0.1, -0.05) is 13.0 Å². The van der Waals surface area contributed by atoms with Crippen LogP contribution in [0.25, 0.3) is 0 Å². The molecule has 1 amide bonds. The molecular formula is C12H16N2O. The summed E-state index contributed by atoms with van der Waals surface area (Å²) >= 11 is 0. The molecule has 0 spiro atoms. The SMILES string of the molecule is CCC1CCC(=O)N1c1cccc(N)c1. The van der Waals surface area contributed by atoms with Gasteiger partial charge in [-0.05, 0) is 31.0 Å². The highest BCUT2D eigenvalue weighted by Crippen LogP contribution is 2.29. The molecule has 2 N–H and O–H groups in total. The molecule has 1 heterocycles. The summed E-state index contributed by atoms with van der Waals surface area (Å²) in [4.78, 5) is 13.6. The molecule has 0 aromatic heterocycles. The van der Waals surface area contributed by atoms with Crippen LogP contribution in [-0.4, -0.2) is 11.9 Å². The topological polar surface area (TPSA) is 46.3 Å². The van der Waals surface area contributed by atoms with Crippen molar-refractivity contribution in [1.82, 2.24) is 0 Å². The molecule has 1 aromatic carbocycles. The van der Waals surface area contributed by atoms with Gasteiger partial charge in [-0.2, -0.15) is 0 Å². The summed E-state index contributed by atoms with van der Waals surface area (Å²) in [6, 6.07) is 7.89. The molecule has 1 aliphatic heterocycles. The largest absolute Gasteiger partial charge is 0.399 e. The van der Waals surface area contributed by atoms with Crippen molar-refractivity contribution < 1.29 is 4.79 Å². The van der Waals surface area contributed by atoms with Gasteiger partial charge in [0.2, 0.25) is 5.91 Å². The smallest absolute Gasteiger partial charge is 0.227 e. The summed E-state index contributed by atoms with van der Waals surface area (Å²) in [6.45, 7) is 2.11. The van der Waals surface area contributed by atoms with E-state index < -0.39 is 0 Å². The lowest BCUT2D eigenvalue weighted by Gasteiger charge is -2.24. The third-order valence-corrected chi connectivity index (χ3v) is 2.94. The lowest BCUT2D eigenvalue weighted by Crippen LogP contribution is -2.32. The van der Waals surface area contributed by atoms with Crippen LogP contribution in [0.3, 0.4) is 0 Å². The zero-order valence-corrected chi connectivity index (χ0v) is 8.94. The Bertz CT molecular complexity index is 376. The fraction of sp³-hybridized carbons (Fsp3) is 0.417. The van der Waals surface area contributed by atoms with E-state index >= 15 is 0 Å². The summed E-state index contributed by atoms with van der Waals surface area (Å²) in [5.41, 5.74) is 7.37. The molecule has 0 bridgehead atoms. The number of nitrogen functional groups attached to an aromatic ring is 1. The summed E-state index contributed by atoms with van der Waals surface area (Å²) in [6.07, 6.45) is 2.62. The molecule has 1 aliphatic rings. The molecule has 1 saturated heterocycles. The van der Waals surface area contributed by atoms with E-state index in [1.54, 1.807) is 0 Å². The van der Waals surface area contributed by atoms with E-state index in [-0.39, 0.29) is 5.91 Å². The van der Waals surface area contributed by atoms with Crippen molar-refractivity contribution in [2.75, 3.05) is 10.6 Å². The zero-order valence-electron chi connectivity index (χ0n) is 8.94. The second-order valence-corrected chi connectivity index (χ2v) is 3.96. The van der Waals surface area contributed by atoms with Crippen molar-refractivity contribution in [3.63, 3.8) is 0 Å². The second kappa shape index (κ2) is 3.93. The first-order valence-electron chi connectivity index (χ1n) is 5.40. The van der Waals surface area contributed by atoms with Gasteiger partial charge >= 0.3 is 0 Å². The Kier molecular flexibility index (Phi) is 2.62. The van der Waals surface area contributed by atoms with Crippen LogP contribution in [0.4, 0.5) is 11.4 Å². The van der Waals surface area contributed by atoms with E-state index in [9.17, 15) is 4.79 Å². The van der Waals surface area contributed by atoms with Crippen LogP contribution in [0.2, 0.25) is 0 Å². The average molecular weight is 204 g/mol. The van der Waals surface area contributed by atoms with Crippen LogP contribution in [0.15, 0.2) is 24.3 Å².